The Bertz CT molecular complexity index is 1650. The molecule has 0 bridgehead atoms. The molecular formula is C21H20N10O7S3. The van der Waals surface area contributed by atoms with Gasteiger partial charge in [0.05, 0.1) is 17.7 Å². The molecule has 5 heterocycles. The third kappa shape index (κ3) is 5.35. The van der Waals surface area contributed by atoms with Crippen LogP contribution in [0.5, 0.6) is 0 Å². The van der Waals surface area contributed by atoms with Gasteiger partial charge in [-0.15, -0.1) is 23.1 Å². The number of carboxylic acid groups (broad SMARTS) is 2. The number of hydrogen-bond acceptors (Lipinski definition) is 15. The number of carbonyl (C=O) groups excluding carboxylic acids is 3. The van der Waals surface area contributed by atoms with Crippen molar-refractivity contribution < 1.29 is 38.8 Å². The minimum Gasteiger partial charge on any atom is -0.543 e. The topological polar surface area (TPSA) is 247 Å². The largest absolute Gasteiger partial charge is 0.543 e. The number of anilines is 2. The van der Waals surface area contributed by atoms with Gasteiger partial charge in [-0.2, -0.15) is 4.98 Å². The summed E-state index contributed by atoms with van der Waals surface area (Å²) in [6, 6.07) is 0.435. The Morgan fingerprint density at radius 3 is 2.80 bits per heavy atom. The van der Waals surface area contributed by atoms with Crippen molar-refractivity contribution in [3.05, 3.63) is 34.7 Å². The monoisotopic (exact) mass is 620 g/mol. The van der Waals surface area contributed by atoms with Crippen LogP contribution in [0.25, 0.3) is 5.65 Å². The fourth-order valence-corrected chi connectivity index (χ4v) is 7.16. The summed E-state index contributed by atoms with van der Waals surface area (Å²) in [5, 5.41) is 33.0. The number of β-lactam (4-membered cyclic amide) rings is 1. The van der Waals surface area contributed by atoms with E-state index in [1.165, 1.54) is 45.7 Å². The Balaban J connectivity index is 1.34. The zero-order valence-corrected chi connectivity index (χ0v) is 23.4. The highest BCUT2D eigenvalue weighted by molar-refractivity contribution is 8.01. The van der Waals surface area contributed by atoms with E-state index in [4.69, 9.17) is 21.4 Å². The van der Waals surface area contributed by atoms with Crippen LogP contribution in [0.4, 0.5) is 10.9 Å². The lowest BCUT2D eigenvalue weighted by Crippen LogP contribution is -2.71. The van der Waals surface area contributed by atoms with Crippen LogP contribution in [0.2, 0.25) is 0 Å². The van der Waals surface area contributed by atoms with Crippen LogP contribution in [0, 0.1) is 0 Å². The van der Waals surface area contributed by atoms with Crippen molar-refractivity contribution >= 4 is 80.9 Å². The van der Waals surface area contributed by atoms with E-state index in [0.717, 1.165) is 28.0 Å². The molecule has 2 aliphatic rings. The van der Waals surface area contributed by atoms with Crippen molar-refractivity contribution in [1.29, 1.82) is 0 Å². The fraction of sp³-hybridized carbons (Fsp3) is 0.286. The Morgan fingerprint density at radius 2 is 2.15 bits per heavy atom. The van der Waals surface area contributed by atoms with E-state index in [-0.39, 0.29) is 51.3 Å². The number of nitrogens with two attached hydrogens (primary N) is 2. The molecule has 41 heavy (non-hydrogen) atoms. The summed E-state index contributed by atoms with van der Waals surface area (Å²) in [5.41, 5.74) is 12.0. The smallest absolute Gasteiger partial charge is 0.338 e. The second kappa shape index (κ2) is 11.2. The van der Waals surface area contributed by atoms with E-state index in [9.17, 15) is 24.3 Å². The summed E-state index contributed by atoms with van der Waals surface area (Å²) in [7, 11) is 1.25. The van der Waals surface area contributed by atoms with Gasteiger partial charge in [-0.25, -0.2) is 14.3 Å². The summed E-state index contributed by atoms with van der Waals surface area (Å²) in [4.78, 5) is 63.4. The van der Waals surface area contributed by atoms with Gasteiger partial charge in [0.2, 0.25) is 0 Å². The number of fused-ring (bicyclic) bond motifs is 2. The molecule has 6 N–H and O–H groups in total. The van der Waals surface area contributed by atoms with Crippen LogP contribution in [0.3, 0.4) is 0 Å². The first kappa shape index (κ1) is 28.1. The van der Waals surface area contributed by atoms with Gasteiger partial charge in [0, 0.05) is 22.0 Å². The predicted octanol–water partition coefficient (Wildman–Crippen LogP) is -2.73. The van der Waals surface area contributed by atoms with Gasteiger partial charge in [0.25, 0.3) is 28.9 Å². The summed E-state index contributed by atoms with van der Waals surface area (Å²) >= 11 is 3.46. The standard InChI is InChI=1S/C21H20N10O7S3/c1-38-28-13(9-6-40-20(23)25-9)16(34)27-14-17(35)30-15(19(36)37)8(4-39-18(14)30)5-41-21-26-10(22)2-11-29(3-12(32)33)7-24-31(11)21/h2,6-7,14,18,22H,3-5H2,1H3,(H5,23,25,27,32,33,34,36,37)/b28-13-/t14?,18-/m1/s1. The van der Waals surface area contributed by atoms with Crippen LogP contribution in [0.15, 0.2) is 39.4 Å². The molecule has 2 amide bonds. The number of aromatic nitrogens is 5. The van der Waals surface area contributed by atoms with Crippen molar-refractivity contribution in [2.24, 2.45) is 5.16 Å². The number of carboxylic acids is 2. The number of thioether (sulfide) groups is 2. The number of nitrogens with zero attached hydrogens (tertiary/aromatic N) is 7. The van der Waals surface area contributed by atoms with Gasteiger partial charge in [0.1, 0.15) is 30.0 Å². The number of rotatable bonds is 10. The van der Waals surface area contributed by atoms with Crippen molar-refractivity contribution in [1.82, 2.24) is 29.8 Å². The molecule has 0 aromatic carbocycles. The highest BCUT2D eigenvalue weighted by atomic mass is 32.2. The van der Waals surface area contributed by atoms with Gasteiger partial charge in [-0.05, 0) is 10.1 Å². The fourth-order valence-electron chi connectivity index (χ4n) is 4.16. The average Bonchev–Trinajstić information content (AvgIpc) is 3.53. The molecule has 2 atom stereocenters. The van der Waals surface area contributed by atoms with E-state index in [2.05, 4.69) is 25.5 Å². The molecule has 1 unspecified atom stereocenters. The highest BCUT2D eigenvalue weighted by Crippen LogP contribution is 2.41. The number of amides is 2. The number of nitrogen functional groups attached to an aromatic ring is 2. The minimum absolute atomic E-state index is 0.0874. The van der Waals surface area contributed by atoms with Crippen LogP contribution < -0.4 is 26.5 Å². The normalized spacial score (nSPS) is 18.7. The number of aliphatic carboxylic acids is 2. The van der Waals surface area contributed by atoms with Gasteiger partial charge >= 0.3 is 5.97 Å². The van der Waals surface area contributed by atoms with Gasteiger partial charge in [-0.3, -0.25) is 14.5 Å². The quantitative estimate of drug-likeness (QED) is 0.0449. The lowest BCUT2D eigenvalue weighted by atomic mass is 10.0. The predicted molar refractivity (Wildman–Crippen MR) is 143 cm³/mol. The van der Waals surface area contributed by atoms with Crippen LogP contribution in [-0.2, 0) is 30.6 Å². The maximum atomic E-state index is 13.1. The number of nitrogens with one attached hydrogen (secondary N) is 1. The Kier molecular flexibility index (Phi) is 7.69. The summed E-state index contributed by atoms with van der Waals surface area (Å²) < 4.78 is 2.76. The first-order chi connectivity index (χ1) is 19.6. The summed E-state index contributed by atoms with van der Waals surface area (Å²) in [6.07, 6.45) is 1.32. The van der Waals surface area contributed by atoms with E-state index >= 15 is 0 Å². The maximum absolute atomic E-state index is 13.1. The second-order valence-corrected chi connectivity index (χ2v) is 11.4. The number of carbonyl (C=O) groups is 4. The van der Waals surface area contributed by atoms with Crippen molar-refractivity contribution in [3.8, 4) is 0 Å². The Morgan fingerprint density at radius 1 is 1.37 bits per heavy atom. The van der Waals surface area contributed by atoms with Gasteiger partial charge < -0.3 is 36.6 Å². The Labute approximate surface area is 242 Å². The lowest BCUT2D eigenvalue weighted by Gasteiger charge is -2.50. The van der Waals surface area contributed by atoms with Gasteiger partial charge in [-0.1, -0.05) is 16.9 Å². The SMILES string of the molecule is CO/N=C(\C(=O)NC1C(=O)N2C(C(=O)[O-])=C(CSc3nc(N)cc4n3nc[n+]4CC(=O)O)CS[C@H]12)c1csc(N)n1. The van der Waals surface area contributed by atoms with Crippen molar-refractivity contribution in [2.45, 2.75) is 23.1 Å². The van der Waals surface area contributed by atoms with Crippen LogP contribution in [-0.4, -0.2) is 89.1 Å². The third-order valence-electron chi connectivity index (χ3n) is 5.87. The molecule has 214 valence electrons. The van der Waals surface area contributed by atoms with Crippen LogP contribution in [0.1, 0.15) is 5.69 Å². The molecule has 0 aliphatic carbocycles. The molecule has 1 fully saturated rings. The van der Waals surface area contributed by atoms with E-state index in [0.29, 0.717) is 11.2 Å². The molecule has 3 aromatic rings. The number of thiazole rings is 1. The minimum atomic E-state index is -1.55. The van der Waals surface area contributed by atoms with Gasteiger partial charge in [0.15, 0.2) is 17.4 Å². The van der Waals surface area contributed by atoms with Crippen molar-refractivity contribution in [2.75, 3.05) is 30.1 Å². The second-order valence-electron chi connectivity index (χ2n) is 8.47. The first-order valence-electron chi connectivity index (χ1n) is 11.5. The molecule has 0 saturated carbocycles. The molecular weight excluding hydrogens is 600 g/mol. The molecule has 2 aliphatic heterocycles. The van der Waals surface area contributed by atoms with Crippen molar-refractivity contribution in [3.63, 3.8) is 0 Å². The molecule has 17 nitrogen and oxygen atoms in total. The zero-order valence-electron chi connectivity index (χ0n) is 20.9. The summed E-state index contributed by atoms with van der Waals surface area (Å²) in [6.45, 7) is -0.347. The maximum Gasteiger partial charge on any atom is 0.338 e. The molecule has 0 radical (unpaired) electrons. The highest BCUT2D eigenvalue weighted by Gasteiger charge is 2.53. The van der Waals surface area contributed by atoms with E-state index < -0.39 is 35.2 Å². The zero-order chi connectivity index (χ0) is 29.4. The Hall–Kier alpha value is -4.43. The molecule has 1 saturated heterocycles. The molecule has 0 spiro atoms. The van der Waals surface area contributed by atoms with E-state index in [1.807, 2.05) is 0 Å². The summed E-state index contributed by atoms with van der Waals surface area (Å²) in [5.74, 6) is -3.60. The van der Waals surface area contributed by atoms with Crippen LogP contribution >= 0.6 is 34.9 Å². The first-order valence-corrected chi connectivity index (χ1v) is 14.4. The molecule has 20 heteroatoms. The molecule has 5 rings (SSSR count). The lowest BCUT2D eigenvalue weighted by molar-refractivity contribution is -0.661. The number of oxime groups is 1. The molecule has 3 aromatic heterocycles. The number of hydrogen-bond donors (Lipinski definition) is 4. The average molecular weight is 621 g/mol. The van der Waals surface area contributed by atoms with E-state index in [1.54, 1.807) is 0 Å². The third-order valence-corrected chi connectivity index (χ3v) is 8.90.